The molecule has 2 aromatic rings. The number of carbonyl (C=O) groups is 1. The van der Waals surface area contributed by atoms with E-state index in [0.717, 1.165) is 56.1 Å². The fraction of sp³-hybridized carbons (Fsp3) is 0.391. The van der Waals surface area contributed by atoms with Crippen molar-refractivity contribution in [2.75, 3.05) is 32.8 Å². The molecule has 1 fully saturated rings. The zero-order valence-corrected chi connectivity index (χ0v) is 16.4. The fourth-order valence-corrected chi connectivity index (χ4v) is 3.82. The number of carbonyl (C=O) groups excluding carboxylic acids is 1. The number of ether oxygens (including phenoxy) is 1. The second kappa shape index (κ2) is 8.67. The molecule has 1 atom stereocenters. The first-order valence-corrected chi connectivity index (χ1v) is 10.1. The number of nitrogens with zero attached hydrogens (tertiary/aromatic N) is 3. The highest BCUT2D eigenvalue weighted by atomic mass is 16.5. The lowest BCUT2D eigenvalue weighted by atomic mass is 10.1. The summed E-state index contributed by atoms with van der Waals surface area (Å²) in [5, 5.41) is 0. The van der Waals surface area contributed by atoms with Crippen LogP contribution >= 0.6 is 0 Å². The van der Waals surface area contributed by atoms with Crippen molar-refractivity contribution in [3.8, 4) is 11.3 Å². The molecule has 28 heavy (non-hydrogen) atoms. The van der Waals surface area contributed by atoms with Crippen LogP contribution in [0.2, 0.25) is 0 Å². The number of benzene rings is 1. The van der Waals surface area contributed by atoms with Gasteiger partial charge in [0.25, 0.3) is 5.91 Å². The molecule has 0 bridgehead atoms. The largest absolute Gasteiger partial charge is 0.379 e. The Morgan fingerprint density at radius 3 is 2.61 bits per heavy atom. The second-order valence-corrected chi connectivity index (χ2v) is 7.38. The molecule has 5 heteroatoms. The molecule has 146 valence electrons. The summed E-state index contributed by atoms with van der Waals surface area (Å²) >= 11 is 0. The van der Waals surface area contributed by atoms with Gasteiger partial charge in [-0.3, -0.25) is 14.7 Å². The van der Waals surface area contributed by atoms with E-state index in [0.29, 0.717) is 6.54 Å². The van der Waals surface area contributed by atoms with E-state index >= 15 is 0 Å². The van der Waals surface area contributed by atoms with Crippen molar-refractivity contribution >= 4 is 5.91 Å². The van der Waals surface area contributed by atoms with E-state index < -0.39 is 0 Å². The SMILES string of the molecule is CC[C@H]1C=CCN1C(=O)c1ccc(-c2ccc(CN3CCOCC3)cn2)cc1. The Bertz CT molecular complexity index is 824. The van der Waals surface area contributed by atoms with Gasteiger partial charge >= 0.3 is 0 Å². The molecule has 1 saturated heterocycles. The summed E-state index contributed by atoms with van der Waals surface area (Å²) in [6.45, 7) is 7.29. The minimum atomic E-state index is 0.0946. The Kier molecular flexibility index (Phi) is 5.84. The van der Waals surface area contributed by atoms with Crippen molar-refractivity contribution in [2.45, 2.75) is 25.9 Å². The zero-order valence-electron chi connectivity index (χ0n) is 16.4. The van der Waals surface area contributed by atoms with Gasteiger partial charge in [0.05, 0.1) is 24.9 Å². The number of rotatable bonds is 5. The molecule has 1 aromatic heterocycles. The Hall–Kier alpha value is -2.50. The quantitative estimate of drug-likeness (QED) is 0.750. The van der Waals surface area contributed by atoms with E-state index in [2.05, 4.69) is 41.1 Å². The molecule has 0 N–H and O–H groups in total. The molecule has 0 unspecified atom stereocenters. The van der Waals surface area contributed by atoms with E-state index in [1.807, 2.05) is 35.4 Å². The van der Waals surface area contributed by atoms with Crippen molar-refractivity contribution in [2.24, 2.45) is 0 Å². The molecular weight excluding hydrogens is 350 g/mol. The predicted octanol–water partition coefficient (Wildman–Crippen LogP) is 3.37. The third-order valence-corrected chi connectivity index (χ3v) is 5.50. The molecule has 0 saturated carbocycles. The van der Waals surface area contributed by atoms with Crippen molar-refractivity contribution < 1.29 is 9.53 Å². The predicted molar refractivity (Wildman–Crippen MR) is 110 cm³/mol. The molecule has 1 amide bonds. The zero-order chi connectivity index (χ0) is 19.3. The number of pyridine rings is 1. The van der Waals surface area contributed by atoms with Gasteiger partial charge in [0.2, 0.25) is 0 Å². The number of amides is 1. The summed E-state index contributed by atoms with van der Waals surface area (Å²) in [6.07, 6.45) is 7.09. The van der Waals surface area contributed by atoms with Gasteiger partial charge in [-0.05, 0) is 30.2 Å². The van der Waals surface area contributed by atoms with Gasteiger partial charge in [-0.1, -0.05) is 37.3 Å². The summed E-state index contributed by atoms with van der Waals surface area (Å²) in [4.78, 5) is 21.7. The van der Waals surface area contributed by atoms with Gasteiger partial charge < -0.3 is 9.64 Å². The van der Waals surface area contributed by atoms with Crippen LogP contribution in [0.3, 0.4) is 0 Å². The van der Waals surface area contributed by atoms with Crippen LogP contribution in [0, 0.1) is 0 Å². The third-order valence-electron chi connectivity index (χ3n) is 5.50. The van der Waals surface area contributed by atoms with Gasteiger partial charge in [-0.15, -0.1) is 0 Å². The summed E-state index contributed by atoms with van der Waals surface area (Å²) in [5.41, 5.74) is 3.90. The summed E-state index contributed by atoms with van der Waals surface area (Å²) < 4.78 is 5.40. The third kappa shape index (κ3) is 4.16. The lowest BCUT2D eigenvalue weighted by Crippen LogP contribution is -2.35. The standard InChI is InChI=1S/C23H27N3O2/c1-2-21-4-3-11-26(21)23(27)20-8-6-19(7-9-20)22-10-5-18(16-24-22)17-25-12-14-28-15-13-25/h3-10,16,21H,2,11-15,17H2,1H3/t21-/m0/s1. The Balaban J connectivity index is 1.41. The first-order chi connectivity index (χ1) is 13.7. The first-order valence-electron chi connectivity index (χ1n) is 10.1. The summed E-state index contributed by atoms with van der Waals surface area (Å²) in [7, 11) is 0. The molecular formula is C23H27N3O2. The maximum absolute atomic E-state index is 12.8. The van der Waals surface area contributed by atoms with Crippen LogP contribution in [0.5, 0.6) is 0 Å². The Morgan fingerprint density at radius 2 is 1.93 bits per heavy atom. The molecule has 3 heterocycles. The summed E-state index contributed by atoms with van der Waals surface area (Å²) in [6, 6.07) is 12.2. The van der Waals surface area contributed by atoms with Gasteiger partial charge in [0, 0.05) is 43.5 Å². The van der Waals surface area contributed by atoms with E-state index in [9.17, 15) is 4.79 Å². The number of hydrogen-bond acceptors (Lipinski definition) is 4. The highest BCUT2D eigenvalue weighted by molar-refractivity contribution is 5.95. The van der Waals surface area contributed by atoms with Crippen molar-refractivity contribution in [3.05, 3.63) is 65.9 Å². The molecule has 4 rings (SSSR count). The summed E-state index contributed by atoms with van der Waals surface area (Å²) in [5.74, 6) is 0.0946. The highest BCUT2D eigenvalue weighted by Crippen LogP contribution is 2.21. The van der Waals surface area contributed by atoms with Crippen LogP contribution in [-0.2, 0) is 11.3 Å². The van der Waals surface area contributed by atoms with Crippen LogP contribution in [0.1, 0.15) is 29.3 Å². The molecule has 5 nitrogen and oxygen atoms in total. The Morgan fingerprint density at radius 1 is 1.14 bits per heavy atom. The first kappa shape index (κ1) is 18.8. The van der Waals surface area contributed by atoms with E-state index in [1.165, 1.54) is 5.56 Å². The van der Waals surface area contributed by atoms with Gasteiger partial charge in [-0.25, -0.2) is 0 Å². The monoisotopic (exact) mass is 377 g/mol. The molecule has 2 aliphatic heterocycles. The van der Waals surface area contributed by atoms with Crippen molar-refractivity contribution in [1.82, 2.24) is 14.8 Å². The van der Waals surface area contributed by atoms with Gasteiger partial charge in [-0.2, -0.15) is 0 Å². The van der Waals surface area contributed by atoms with Crippen LogP contribution in [0.15, 0.2) is 54.7 Å². The van der Waals surface area contributed by atoms with E-state index in [4.69, 9.17) is 4.74 Å². The second-order valence-electron chi connectivity index (χ2n) is 7.38. The van der Waals surface area contributed by atoms with Gasteiger partial charge in [0.1, 0.15) is 0 Å². The van der Waals surface area contributed by atoms with E-state index in [1.54, 1.807) is 0 Å². The molecule has 1 aromatic carbocycles. The number of aromatic nitrogens is 1. The fourth-order valence-electron chi connectivity index (χ4n) is 3.82. The molecule has 0 aliphatic carbocycles. The number of hydrogen-bond donors (Lipinski definition) is 0. The molecule has 2 aliphatic rings. The maximum Gasteiger partial charge on any atom is 0.254 e. The molecule has 0 radical (unpaired) electrons. The minimum absolute atomic E-state index is 0.0946. The molecule has 0 spiro atoms. The van der Waals surface area contributed by atoms with Crippen LogP contribution in [-0.4, -0.2) is 59.6 Å². The lowest BCUT2D eigenvalue weighted by molar-refractivity contribution is 0.0341. The van der Waals surface area contributed by atoms with E-state index in [-0.39, 0.29) is 11.9 Å². The van der Waals surface area contributed by atoms with Crippen molar-refractivity contribution in [3.63, 3.8) is 0 Å². The van der Waals surface area contributed by atoms with Crippen molar-refractivity contribution in [1.29, 1.82) is 0 Å². The topological polar surface area (TPSA) is 45.7 Å². The van der Waals surface area contributed by atoms with Crippen LogP contribution < -0.4 is 0 Å². The van der Waals surface area contributed by atoms with Crippen LogP contribution in [0.4, 0.5) is 0 Å². The van der Waals surface area contributed by atoms with Gasteiger partial charge in [0.15, 0.2) is 0 Å². The minimum Gasteiger partial charge on any atom is -0.379 e. The highest BCUT2D eigenvalue weighted by Gasteiger charge is 2.24. The smallest absolute Gasteiger partial charge is 0.254 e. The Labute approximate surface area is 166 Å². The van der Waals surface area contributed by atoms with Crippen LogP contribution in [0.25, 0.3) is 11.3 Å². The maximum atomic E-state index is 12.8. The average molecular weight is 377 g/mol. The number of morpholine rings is 1. The lowest BCUT2D eigenvalue weighted by Gasteiger charge is -2.26. The normalized spacial score (nSPS) is 19.9. The average Bonchev–Trinajstić information content (AvgIpc) is 3.24.